The molecule has 1 amide bonds. The second-order valence-corrected chi connectivity index (χ2v) is 7.52. The Labute approximate surface area is 192 Å². The van der Waals surface area contributed by atoms with E-state index in [4.69, 9.17) is 14.6 Å². The van der Waals surface area contributed by atoms with Crippen LogP contribution in [-0.2, 0) is 4.74 Å². The highest BCUT2D eigenvalue weighted by Crippen LogP contribution is 2.44. The van der Waals surface area contributed by atoms with Crippen molar-refractivity contribution in [3.05, 3.63) is 89.0 Å². The Morgan fingerprint density at radius 3 is 2.30 bits per heavy atom. The van der Waals surface area contributed by atoms with Crippen LogP contribution in [0.4, 0.5) is 4.79 Å². The molecule has 6 nitrogen and oxygen atoms in total. The van der Waals surface area contributed by atoms with E-state index in [1.165, 1.54) is 41.5 Å². The van der Waals surface area contributed by atoms with Crippen LogP contribution in [-0.4, -0.2) is 37.4 Å². The molecule has 2 N–H and O–H groups in total. The molecular weight excluding hydrogens is 418 g/mol. The number of methoxy groups -OCH3 is 1. The third-order valence-electron chi connectivity index (χ3n) is 5.53. The van der Waals surface area contributed by atoms with E-state index in [0.717, 1.165) is 0 Å². The molecule has 0 heterocycles. The number of carbonyl (C=O) groups excluding carboxylic acids is 1. The van der Waals surface area contributed by atoms with Gasteiger partial charge in [-0.15, -0.1) is 0 Å². The summed E-state index contributed by atoms with van der Waals surface area (Å²) in [6, 6.07) is 20.9. The van der Waals surface area contributed by atoms with Crippen molar-refractivity contribution in [1.29, 1.82) is 0 Å². The molecule has 0 saturated carbocycles. The number of carboxylic acid groups (broad SMARTS) is 1. The lowest BCUT2D eigenvalue weighted by molar-refractivity contribution is 0.0696. The third kappa shape index (κ3) is 4.83. The molecule has 0 aromatic heterocycles. The van der Waals surface area contributed by atoms with Gasteiger partial charge in [-0.2, -0.15) is 0 Å². The van der Waals surface area contributed by atoms with Crippen LogP contribution in [0.5, 0.6) is 5.75 Å². The van der Waals surface area contributed by atoms with Gasteiger partial charge in [-0.1, -0.05) is 60.4 Å². The molecule has 0 spiro atoms. The van der Waals surface area contributed by atoms with Crippen LogP contribution in [0.15, 0.2) is 66.7 Å². The number of hydrogen-bond donors (Lipinski definition) is 2. The molecule has 0 unspecified atom stereocenters. The van der Waals surface area contributed by atoms with Crippen molar-refractivity contribution in [3.63, 3.8) is 0 Å². The molecule has 33 heavy (non-hydrogen) atoms. The summed E-state index contributed by atoms with van der Waals surface area (Å²) in [7, 11) is 1.46. The van der Waals surface area contributed by atoms with Gasteiger partial charge in [0, 0.05) is 18.9 Å². The number of hydrogen-bond acceptors (Lipinski definition) is 4. The molecule has 0 aliphatic heterocycles. The maximum absolute atomic E-state index is 12.2. The van der Waals surface area contributed by atoms with Gasteiger partial charge < -0.3 is 19.9 Å². The molecule has 166 valence electrons. The van der Waals surface area contributed by atoms with Gasteiger partial charge in [0.1, 0.15) is 12.4 Å². The Kier molecular flexibility index (Phi) is 6.61. The Morgan fingerprint density at radius 2 is 1.67 bits per heavy atom. The van der Waals surface area contributed by atoms with Crippen LogP contribution in [0.1, 0.15) is 39.4 Å². The van der Waals surface area contributed by atoms with Crippen LogP contribution in [0.25, 0.3) is 11.1 Å². The van der Waals surface area contributed by atoms with Crippen molar-refractivity contribution in [2.45, 2.75) is 12.3 Å². The van der Waals surface area contributed by atoms with Gasteiger partial charge in [0.2, 0.25) is 0 Å². The van der Waals surface area contributed by atoms with Crippen LogP contribution in [0.2, 0.25) is 0 Å². The van der Waals surface area contributed by atoms with Crippen molar-refractivity contribution in [3.8, 4) is 28.7 Å². The standard InChI is InChI=1S/C27H23NO5/c1-32-25-16-19(26(29)30)14-13-18(25)8-6-7-15-28-27(31)33-17-24-22-11-4-2-9-20(22)21-10-3-5-12-23(21)24/h2-5,9-14,16,24H,7,15,17H2,1H3,(H,28,31)(H,29,30). The van der Waals surface area contributed by atoms with Crippen molar-refractivity contribution >= 4 is 12.1 Å². The van der Waals surface area contributed by atoms with E-state index in [0.29, 0.717) is 24.3 Å². The SMILES string of the molecule is COc1cc(C(=O)O)ccc1C#CCCNC(=O)OCC1c2ccccc2-c2ccccc21. The summed E-state index contributed by atoms with van der Waals surface area (Å²) >= 11 is 0. The summed E-state index contributed by atoms with van der Waals surface area (Å²) in [5, 5.41) is 11.8. The predicted molar refractivity (Wildman–Crippen MR) is 125 cm³/mol. The fourth-order valence-corrected chi connectivity index (χ4v) is 3.96. The lowest BCUT2D eigenvalue weighted by Gasteiger charge is -2.14. The number of carboxylic acids is 1. The Morgan fingerprint density at radius 1 is 1.00 bits per heavy atom. The van der Waals surface area contributed by atoms with Gasteiger partial charge in [0.25, 0.3) is 0 Å². The number of amides is 1. The highest BCUT2D eigenvalue weighted by Gasteiger charge is 2.28. The third-order valence-corrected chi connectivity index (χ3v) is 5.53. The first kappa shape index (κ1) is 22.0. The highest BCUT2D eigenvalue weighted by molar-refractivity contribution is 5.88. The van der Waals surface area contributed by atoms with Gasteiger partial charge in [-0.3, -0.25) is 0 Å². The summed E-state index contributed by atoms with van der Waals surface area (Å²) < 4.78 is 10.7. The van der Waals surface area contributed by atoms with Gasteiger partial charge in [-0.05, 0) is 40.5 Å². The fraction of sp³-hybridized carbons (Fsp3) is 0.185. The minimum atomic E-state index is -1.03. The summed E-state index contributed by atoms with van der Waals surface area (Å²) in [6.45, 7) is 0.595. The number of nitrogens with one attached hydrogen (secondary N) is 1. The van der Waals surface area contributed by atoms with Gasteiger partial charge in [0.15, 0.2) is 0 Å². The molecule has 6 heteroatoms. The smallest absolute Gasteiger partial charge is 0.407 e. The molecular formula is C27H23NO5. The van der Waals surface area contributed by atoms with E-state index in [1.54, 1.807) is 6.07 Å². The number of carbonyl (C=O) groups is 2. The molecule has 0 radical (unpaired) electrons. The molecule has 3 aromatic rings. The minimum Gasteiger partial charge on any atom is -0.495 e. The molecule has 0 atom stereocenters. The van der Waals surface area contributed by atoms with Crippen molar-refractivity contribution in [2.75, 3.05) is 20.3 Å². The van der Waals surface area contributed by atoms with E-state index in [1.807, 2.05) is 24.3 Å². The summed E-state index contributed by atoms with van der Waals surface area (Å²) in [5.41, 5.74) is 5.42. The number of benzene rings is 3. The summed E-state index contributed by atoms with van der Waals surface area (Å²) in [5.74, 6) is 5.28. The second-order valence-electron chi connectivity index (χ2n) is 7.52. The zero-order valence-corrected chi connectivity index (χ0v) is 18.1. The van der Waals surface area contributed by atoms with Crippen LogP contribution in [0.3, 0.4) is 0 Å². The maximum Gasteiger partial charge on any atom is 0.407 e. The molecule has 3 aromatic carbocycles. The predicted octanol–water partition coefficient (Wildman–Crippen LogP) is 4.67. The molecule has 0 bridgehead atoms. The molecule has 1 aliphatic carbocycles. The first-order valence-electron chi connectivity index (χ1n) is 10.6. The van der Waals surface area contributed by atoms with E-state index >= 15 is 0 Å². The first-order chi connectivity index (χ1) is 16.1. The molecule has 0 fully saturated rings. The van der Waals surface area contributed by atoms with Gasteiger partial charge in [-0.25, -0.2) is 9.59 Å². The van der Waals surface area contributed by atoms with Crippen molar-refractivity contribution < 1.29 is 24.2 Å². The summed E-state index contributed by atoms with van der Waals surface area (Å²) in [6.07, 6.45) is -0.0735. The van der Waals surface area contributed by atoms with Gasteiger partial charge >= 0.3 is 12.1 Å². The van der Waals surface area contributed by atoms with Crippen molar-refractivity contribution in [2.24, 2.45) is 0 Å². The topological polar surface area (TPSA) is 84.9 Å². The number of ether oxygens (including phenoxy) is 2. The normalized spacial score (nSPS) is 11.5. The molecule has 1 aliphatic rings. The molecule has 0 saturated heterocycles. The first-order valence-corrected chi connectivity index (χ1v) is 10.6. The van der Waals surface area contributed by atoms with Crippen LogP contribution < -0.4 is 10.1 Å². The van der Waals surface area contributed by atoms with E-state index in [9.17, 15) is 9.59 Å². The summed E-state index contributed by atoms with van der Waals surface area (Å²) in [4.78, 5) is 23.3. The number of alkyl carbamates (subject to hydrolysis) is 1. The monoisotopic (exact) mass is 441 g/mol. The fourth-order valence-electron chi connectivity index (χ4n) is 3.96. The minimum absolute atomic E-state index is 0.0178. The Hall–Kier alpha value is -4.24. The van der Waals surface area contributed by atoms with E-state index in [2.05, 4.69) is 41.4 Å². The average molecular weight is 441 g/mol. The van der Waals surface area contributed by atoms with E-state index in [-0.39, 0.29) is 18.1 Å². The molecule has 4 rings (SSSR count). The quantitative estimate of drug-likeness (QED) is 0.429. The zero-order valence-electron chi connectivity index (χ0n) is 18.1. The van der Waals surface area contributed by atoms with Gasteiger partial charge in [0.05, 0.1) is 18.2 Å². The van der Waals surface area contributed by atoms with E-state index < -0.39 is 12.1 Å². The average Bonchev–Trinajstić information content (AvgIpc) is 3.16. The van der Waals surface area contributed by atoms with Crippen molar-refractivity contribution in [1.82, 2.24) is 5.32 Å². The van der Waals surface area contributed by atoms with Crippen LogP contribution in [0, 0.1) is 11.8 Å². The number of rotatable bonds is 6. The zero-order chi connectivity index (χ0) is 23.2. The Balaban J connectivity index is 1.29. The van der Waals surface area contributed by atoms with Crippen LogP contribution >= 0.6 is 0 Å². The second kappa shape index (κ2) is 9.92. The Bertz CT molecular complexity index is 1210. The highest BCUT2D eigenvalue weighted by atomic mass is 16.5. The number of fused-ring (bicyclic) bond motifs is 3. The lowest BCUT2D eigenvalue weighted by atomic mass is 9.98. The maximum atomic E-state index is 12.2. The lowest BCUT2D eigenvalue weighted by Crippen LogP contribution is -2.26. The number of aromatic carboxylic acids is 1. The largest absolute Gasteiger partial charge is 0.495 e.